The molecule has 2 saturated carbocycles. The van der Waals surface area contributed by atoms with Crippen LogP contribution < -0.4 is 0 Å². The lowest BCUT2D eigenvalue weighted by molar-refractivity contribution is -0.155. The summed E-state index contributed by atoms with van der Waals surface area (Å²) in [6.45, 7) is 9.37. The van der Waals surface area contributed by atoms with E-state index in [9.17, 15) is 4.79 Å². The summed E-state index contributed by atoms with van der Waals surface area (Å²) >= 11 is 0. The Morgan fingerprint density at radius 3 is 2.58 bits per heavy atom. The molecule has 0 aliphatic heterocycles. The first-order chi connectivity index (χ1) is 12.5. The Hall–Kier alpha value is -1.25. The van der Waals surface area contributed by atoms with Crippen LogP contribution in [-0.2, 0) is 14.3 Å². The first-order valence-electron chi connectivity index (χ1n) is 10.7. The predicted octanol–water partition coefficient (Wildman–Crippen LogP) is 6.19. The summed E-state index contributed by atoms with van der Waals surface area (Å²) in [6.07, 6.45) is 14.0. The summed E-state index contributed by atoms with van der Waals surface area (Å²) in [7, 11) is 0. The number of ether oxygens (including phenoxy) is 2. The van der Waals surface area contributed by atoms with Gasteiger partial charge in [0, 0.05) is 0 Å². The number of allylic oxidation sites excluding steroid dienone is 2. The van der Waals surface area contributed by atoms with E-state index in [1.165, 1.54) is 6.42 Å². The molecule has 0 aromatic rings. The average Bonchev–Trinajstić information content (AvgIpc) is 3.12. The van der Waals surface area contributed by atoms with Crippen LogP contribution in [0.3, 0.4) is 0 Å². The van der Waals surface area contributed by atoms with Gasteiger partial charge in [-0.1, -0.05) is 52.7 Å². The number of hydrogen-bond donors (Lipinski definition) is 0. The van der Waals surface area contributed by atoms with E-state index in [2.05, 4.69) is 33.8 Å². The Morgan fingerprint density at radius 2 is 1.92 bits per heavy atom. The van der Waals surface area contributed by atoms with Crippen LogP contribution in [0.4, 0.5) is 0 Å². The minimum atomic E-state index is -0.226. The zero-order valence-corrected chi connectivity index (χ0v) is 17.3. The van der Waals surface area contributed by atoms with E-state index in [-0.39, 0.29) is 12.1 Å². The fourth-order valence-electron chi connectivity index (χ4n) is 4.26. The number of hydrogen-bond acceptors (Lipinski definition) is 3. The molecule has 0 saturated heterocycles. The molecule has 0 heterocycles. The zero-order chi connectivity index (χ0) is 18.9. The quantitative estimate of drug-likeness (QED) is 0.223. The summed E-state index contributed by atoms with van der Waals surface area (Å²) in [6, 6.07) is 0. The molecule has 26 heavy (non-hydrogen) atoms. The predicted molar refractivity (Wildman–Crippen MR) is 107 cm³/mol. The van der Waals surface area contributed by atoms with E-state index >= 15 is 0 Å². The van der Waals surface area contributed by atoms with Gasteiger partial charge in [-0.3, -0.25) is 0 Å². The van der Waals surface area contributed by atoms with Gasteiger partial charge in [0.25, 0.3) is 0 Å². The van der Waals surface area contributed by atoms with E-state index in [4.69, 9.17) is 9.47 Å². The van der Waals surface area contributed by atoms with Crippen molar-refractivity contribution in [3.63, 3.8) is 0 Å². The maximum Gasteiger partial charge on any atom is 0.373 e. The van der Waals surface area contributed by atoms with Crippen molar-refractivity contribution in [2.45, 2.75) is 91.6 Å². The van der Waals surface area contributed by atoms with Crippen LogP contribution in [0.5, 0.6) is 0 Å². The Morgan fingerprint density at radius 1 is 1.19 bits per heavy atom. The third kappa shape index (κ3) is 6.17. The second-order valence-corrected chi connectivity index (χ2v) is 8.48. The zero-order valence-electron chi connectivity index (χ0n) is 17.3. The van der Waals surface area contributed by atoms with Gasteiger partial charge in [-0.2, -0.15) is 0 Å². The highest BCUT2D eigenvalue weighted by molar-refractivity contribution is 5.87. The monoisotopic (exact) mass is 362 g/mol. The highest BCUT2D eigenvalue weighted by Gasteiger charge is 2.35. The fourth-order valence-corrected chi connectivity index (χ4v) is 4.26. The molecule has 0 unspecified atom stereocenters. The average molecular weight is 363 g/mol. The Kier molecular flexibility index (Phi) is 8.74. The molecule has 0 radical (unpaired) electrons. The van der Waals surface area contributed by atoms with Crippen molar-refractivity contribution < 1.29 is 14.3 Å². The van der Waals surface area contributed by atoms with E-state index in [1.54, 1.807) is 0 Å². The molecule has 0 amide bonds. The summed E-state index contributed by atoms with van der Waals surface area (Å²) < 4.78 is 12.0. The minimum Gasteiger partial charge on any atom is -0.482 e. The van der Waals surface area contributed by atoms with Gasteiger partial charge in [0.15, 0.2) is 0 Å². The van der Waals surface area contributed by atoms with Crippen LogP contribution in [0.1, 0.15) is 85.5 Å². The molecule has 2 aliphatic rings. The second kappa shape index (κ2) is 10.8. The number of carbonyl (C=O) groups excluding carboxylic acids is 1. The molecule has 3 heteroatoms. The molecule has 2 aliphatic carbocycles. The molecular formula is C23H38O3. The third-order valence-electron chi connectivity index (χ3n) is 5.88. The molecule has 0 bridgehead atoms. The molecule has 2 rings (SSSR count). The topological polar surface area (TPSA) is 35.5 Å². The molecule has 148 valence electrons. The summed E-state index contributed by atoms with van der Waals surface area (Å²) in [5.41, 5.74) is 1.16. The summed E-state index contributed by atoms with van der Waals surface area (Å²) in [4.78, 5) is 13.0. The molecular weight excluding hydrogens is 324 g/mol. The maximum atomic E-state index is 13.0. The van der Waals surface area contributed by atoms with Crippen LogP contribution in [0, 0.1) is 17.8 Å². The molecule has 3 nitrogen and oxygen atoms in total. The van der Waals surface area contributed by atoms with Crippen molar-refractivity contribution in [2.24, 2.45) is 17.8 Å². The summed E-state index contributed by atoms with van der Waals surface area (Å²) in [5, 5.41) is 0. The van der Waals surface area contributed by atoms with Gasteiger partial charge in [-0.15, -0.1) is 0 Å². The van der Waals surface area contributed by atoms with Gasteiger partial charge in [0.1, 0.15) is 12.7 Å². The number of carbonyl (C=O) groups is 1. The van der Waals surface area contributed by atoms with Crippen LogP contribution >= 0.6 is 0 Å². The van der Waals surface area contributed by atoms with Crippen molar-refractivity contribution in [1.29, 1.82) is 0 Å². The number of rotatable bonds is 8. The van der Waals surface area contributed by atoms with E-state index in [0.717, 1.165) is 56.9 Å². The van der Waals surface area contributed by atoms with Crippen molar-refractivity contribution in [3.05, 3.63) is 23.5 Å². The summed E-state index contributed by atoms with van der Waals surface area (Å²) in [5.74, 6) is 1.92. The first kappa shape index (κ1) is 21.1. The lowest BCUT2D eigenvalue weighted by Gasteiger charge is -2.36. The lowest BCUT2D eigenvalue weighted by atomic mass is 9.75. The minimum absolute atomic E-state index is 0.0301. The second-order valence-electron chi connectivity index (χ2n) is 8.48. The number of esters is 1. The molecule has 0 spiro atoms. The van der Waals surface area contributed by atoms with Crippen LogP contribution in [0.15, 0.2) is 23.5 Å². The van der Waals surface area contributed by atoms with Gasteiger partial charge in [0.05, 0.1) is 0 Å². The standard InChI is InChI=1S/C23H38O3/c1-5-6-7-10-15-25-22(19-11-8-9-12-19)23(24)26-21-16-18(4)13-14-20(21)17(2)3/h7,10,17-18,20-21H,5-6,8-9,11-16H2,1-4H3/b10-7+/t18-,20+,21-/m1/s1. The number of unbranched alkanes of at least 4 members (excludes halogenated alkanes) is 1. The van der Waals surface area contributed by atoms with Gasteiger partial charge in [-0.25, -0.2) is 4.79 Å². The SMILES string of the molecule is CCC/C=C/COC(C(=O)O[C@@H]1C[C@H](C)CC[C@H]1C(C)C)=C1CCCC1. The molecule has 0 N–H and O–H groups in total. The van der Waals surface area contributed by atoms with Crippen molar-refractivity contribution in [2.75, 3.05) is 6.61 Å². The molecule has 0 aromatic carbocycles. The van der Waals surface area contributed by atoms with Gasteiger partial charge < -0.3 is 9.47 Å². The molecule has 0 aromatic heterocycles. The van der Waals surface area contributed by atoms with Crippen molar-refractivity contribution in [3.8, 4) is 0 Å². The van der Waals surface area contributed by atoms with E-state index in [0.29, 0.717) is 30.1 Å². The molecule has 2 fully saturated rings. The fraction of sp³-hybridized carbons (Fsp3) is 0.783. The van der Waals surface area contributed by atoms with E-state index in [1.807, 2.05) is 6.08 Å². The largest absolute Gasteiger partial charge is 0.482 e. The smallest absolute Gasteiger partial charge is 0.373 e. The van der Waals surface area contributed by atoms with E-state index < -0.39 is 0 Å². The normalized spacial score (nSPS) is 26.5. The first-order valence-corrected chi connectivity index (χ1v) is 10.7. The van der Waals surface area contributed by atoms with Gasteiger partial charge >= 0.3 is 5.97 Å². The lowest BCUT2D eigenvalue weighted by Crippen LogP contribution is -2.36. The molecule has 3 atom stereocenters. The highest BCUT2D eigenvalue weighted by atomic mass is 16.6. The Balaban J connectivity index is 2.04. The Labute approximate surface area is 160 Å². The van der Waals surface area contributed by atoms with Crippen molar-refractivity contribution >= 4 is 5.97 Å². The Bertz CT molecular complexity index is 496. The van der Waals surface area contributed by atoms with Crippen molar-refractivity contribution in [1.82, 2.24) is 0 Å². The third-order valence-corrected chi connectivity index (χ3v) is 5.88. The van der Waals surface area contributed by atoms with Gasteiger partial charge in [-0.05, 0) is 68.3 Å². The van der Waals surface area contributed by atoms with Crippen LogP contribution in [0.25, 0.3) is 0 Å². The maximum absolute atomic E-state index is 13.0. The van der Waals surface area contributed by atoms with Gasteiger partial charge in [0.2, 0.25) is 5.76 Å². The van der Waals surface area contributed by atoms with Crippen LogP contribution in [0.2, 0.25) is 0 Å². The highest BCUT2D eigenvalue weighted by Crippen LogP contribution is 2.36. The van der Waals surface area contributed by atoms with Crippen LogP contribution in [-0.4, -0.2) is 18.7 Å².